The lowest BCUT2D eigenvalue weighted by molar-refractivity contribution is -0.139. The Hall–Kier alpha value is -3.07. The third-order valence-corrected chi connectivity index (χ3v) is 10.7. The Morgan fingerprint density at radius 3 is 2.27 bits per heavy atom. The first-order valence-corrected chi connectivity index (χ1v) is 15.4. The molecular weight excluding hydrogens is 558 g/mol. The minimum absolute atomic E-state index is 0.00804. The van der Waals surface area contributed by atoms with Crippen molar-refractivity contribution in [2.75, 3.05) is 36.0 Å². The number of benzene rings is 2. The van der Waals surface area contributed by atoms with E-state index in [1.54, 1.807) is 62.9 Å². The highest BCUT2D eigenvalue weighted by molar-refractivity contribution is 8.02. The van der Waals surface area contributed by atoms with Gasteiger partial charge in [0.15, 0.2) is 0 Å². The van der Waals surface area contributed by atoms with E-state index >= 15 is 0 Å². The molecule has 1 spiro atoms. The Morgan fingerprint density at radius 1 is 1.00 bits per heavy atom. The van der Waals surface area contributed by atoms with Crippen molar-refractivity contribution >= 4 is 52.5 Å². The van der Waals surface area contributed by atoms with Crippen molar-refractivity contribution in [3.63, 3.8) is 0 Å². The molecule has 5 atom stereocenters. The minimum atomic E-state index is -0.730. The number of hydrogen-bond acceptors (Lipinski definition) is 5. The van der Waals surface area contributed by atoms with Crippen LogP contribution in [0.1, 0.15) is 25.7 Å². The van der Waals surface area contributed by atoms with Gasteiger partial charge < -0.3 is 19.8 Å². The van der Waals surface area contributed by atoms with Crippen LogP contribution < -0.4 is 9.80 Å². The molecule has 0 radical (unpaired) electrons. The van der Waals surface area contributed by atoms with Gasteiger partial charge in [-0.05, 0) is 62.1 Å². The quantitative estimate of drug-likeness (QED) is 0.278. The molecular formula is C32H36ClN3O4S. The van der Waals surface area contributed by atoms with E-state index in [2.05, 4.69) is 13.2 Å². The molecule has 3 fully saturated rings. The topological polar surface area (TPSA) is 81.2 Å². The minimum Gasteiger partial charge on any atom is -0.396 e. The first-order valence-electron chi connectivity index (χ1n) is 14.1. The maximum atomic E-state index is 14.5. The fraction of sp³-hybridized carbons (Fsp3) is 0.406. The number of hydrogen-bond donors (Lipinski definition) is 1. The zero-order chi connectivity index (χ0) is 29.1. The molecule has 0 aliphatic carbocycles. The first-order chi connectivity index (χ1) is 19.9. The van der Waals surface area contributed by atoms with Gasteiger partial charge in [-0.2, -0.15) is 0 Å². The highest BCUT2D eigenvalue weighted by atomic mass is 35.5. The maximum Gasteiger partial charge on any atom is 0.251 e. The Labute approximate surface area is 250 Å². The molecule has 9 heteroatoms. The number of para-hydroxylation sites is 1. The van der Waals surface area contributed by atoms with E-state index in [9.17, 15) is 19.5 Å². The molecule has 2 aromatic rings. The molecule has 3 aliphatic heterocycles. The molecule has 3 heterocycles. The largest absolute Gasteiger partial charge is 0.396 e. The van der Waals surface area contributed by atoms with Crippen molar-refractivity contribution in [1.82, 2.24) is 4.90 Å². The van der Waals surface area contributed by atoms with E-state index in [1.165, 1.54) is 0 Å². The lowest BCUT2D eigenvalue weighted by atomic mass is 9.70. The Balaban J connectivity index is 1.54. The van der Waals surface area contributed by atoms with Crippen LogP contribution in [0.4, 0.5) is 11.4 Å². The zero-order valence-electron chi connectivity index (χ0n) is 23.0. The van der Waals surface area contributed by atoms with Crippen LogP contribution in [0.3, 0.4) is 0 Å². The van der Waals surface area contributed by atoms with Gasteiger partial charge in [0.1, 0.15) is 6.04 Å². The van der Waals surface area contributed by atoms with E-state index in [0.717, 1.165) is 12.1 Å². The van der Waals surface area contributed by atoms with E-state index in [4.69, 9.17) is 11.6 Å². The van der Waals surface area contributed by atoms with Crippen LogP contribution in [0.2, 0.25) is 5.02 Å². The molecule has 2 unspecified atom stereocenters. The number of anilines is 2. The number of thioether (sulfide) groups is 1. The molecule has 0 saturated carbocycles. The fourth-order valence-corrected chi connectivity index (χ4v) is 9.14. The summed E-state index contributed by atoms with van der Waals surface area (Å²) in [6.07, 6.45) is 5.91. The summed E-state index contributed by atoms with van der Waals surface area (Å²) in [6.45, 7) is 8.69. The van der Waals surface area contributed by atoms with Gasteiger partial charge >= 0.3 is 0 Å². The third kappa shape index (κ3) is 5.22. The smallest absolute Gasteiger partial charge is 0.251 e. The molecule has 3 aliphatic rings. The Morgan fingerprint density at radius 2 is 1.63 bits per heavy atom. The highest BCUT2D eigenvalue weighted by Gasteiger charge is 2.74. The van der Waals surface area contributed by atoms with E-state index in [-0.39, 0.29) is 36.1 Å². The normalized spacial score (nSPS) is 26.1. The van der Waals surface area contributed by atoms with Crippen LogP contribution in [0.25, 0.3) is 0 Å². The van der Waals surface area contributed by atoms with Crippen molar-refractivity contribution in [3.05, 3.63) is 84.9 Å². The van der Waals surface area contributed by atoms with Gasteiger partial charge in [-0.15, -0.1) is 24.9 Å². The van der Waals surface area contributed by atoms with Crippen LogP contribution in [0.5, 0.6) is 0 Å². The number of nitrogens with zero attached hydrogens (tertiary/aromatic N) is 3. The molecule has 7 nitrogen and oxygen atoms in total. The summed E-state index contributed by atoms with van der Waals surface area (Å²) < 4.78 is -0.708. The summed E-state index contributed by atoms with van der Waals surface area (Å²) in [4.78, 5) is 48.2. The summed E-state index contributed by atoms with van der Waals surface area (Å²) in [5.41, 5.74) is 1.44. The number of carbonyl (C=O) groups excluding carboxylic acids is 3. The standard InChI is InChI=1S/C32H36ClN3O4S/c1-3-18-34(23-10-6-5-7-11-23)29(38)26-25-16-17-32(41-25)27(26)30(39)36(20-8-9-21-37)28(32)31(40)35(19-4-2)24-14-12-22(33)13-15-24/h3-7,10-15,25-28,37H,1-2,8-9,16-21H2/t25-,26+,27+,28?,32?/m1/s1. The molecule has 0 aromatic heterocycles. The average molecular weight is 594 g/mol. The number of likely N-dealkylation sites (tertiary alicyclic amines) is 1. The predicted molar refractivity (Wildman–Crippen MR) is 165 cm³/mol. The molecule has 2 bridgehead atoms. The Kier molecular flexibility index (Phi) is 8.92. The van der Waals surface area contributed by atoms with Crippen LogP contribution in [-0.2, 0) is 14.4 Å². The van der Waals surface area contributed by atoms with Crippen molar-refractivity contribution in [1.29, 1.82) is 0 Å². The molecule has 2 aromatic carbocycles. The fourth-order valence-electron chi connectivity index (χ4n) is 6.81. The Bertz CT molecular complexity index is 1310. The second-order valence-corrected chi connectivity index (χ2v) is 12.8. The number of aliphatic hydroxyl groups excluding tert-OH is 1. The van der Waals surface area contributed by atoms with Gasteiger partial charge in [0, 0.05) is 47.9 Å². The van der Waals surface area contributed by atoms with Gasteiger partial charge in [-0.1, -0.05) is 42.0 Å². The predicted octanol–water partition coefficient (Wildman–Crippen LogP) is 4.94. The van der Waals surface area contributed by atoms with Gasteiger partial charge in [0.25, 0.3) is 5.91 Å². The number of unbranched alkanes of at least 4 members (excludes halogenated alkanes) is 1. The number of amides is 3. The van der Waals surface area contributed by atoms with Gasteiger partial charge in [-0.25, -0.2) is 0 Å². The molecule has 3 amide bonds. The lowest BCUT2D eigenvalue weighted by Crippen LogP contribution is -2.55. The van der Waals surface area contributed by atoms with E-state index in [1.807, 2.05) is 30.3 Å². The summed E-state index contributed by atoms with van der Waals surface area (Å²) in [7, 11) is 0. The number of rotatable bonds is 12. The monoisotopic (exact) mass is 593 g/mol. The lowest BCUT2D eigenvalue weighted by Gasteiger charge is -2.37. The van der Waals surface area contributed by atoms with Crippen molar-refractivity contribution in [3.8, 4) is 0 Å². The molecule has 1 N–H and O–H groups in total. The second-order valence-electron chi connectivity index (χ2n) is 10.8. The average Bonchev–Trinajstić information content (AvgIpc) is 3.62. The van der Waals surface area contributed by atoms with Crippen LogP contribution in [0.15, 0.2) is 79.9 Å². The highest BCUT2D eigenvalue weighted by Crippen LogP contribution is 2.66. The molecule has 3 saturated heterocycles. The summed E-state index contributed by atoms with van der Waals surface area (Å²) in [5, 5.41) is 9.96. The van der Waals surface area contributed by atoms with Gasteiger partial charge in [0.2, 0.25) is 11.8 Å². The van der Waals surface area contributed by atoms with Crippen molar-refractivity contribution < 1.29 is 19.5 Å². The number of carbonyl (C=O) groups is 3. The summed E-state index contributed by atoms with van der Waals surface area (Å²) in [5.74, 6) is -1.57. The summed E-state index contributed by atoms with van der Waals surface area (Å²) >= 11 is 7.79. The number of halogens is 1. The number of aliphatic hydroxyl groups is 1. The molecule has 41 heavy (non-hydrogen) atoms. The zero-order valence-corrected chi connectivity index (χ0v) is 24.6. The van der Waals surface area contributed by atoms with Crippen LogP contribution in [0, 0.1) is 11.8 Å². The van der Waals surface area contributed by atoms with Gasteiger partial charge in [0.05, 0.1) is 16.6 Å². The van der Waals surface area contributed by atoms with Crippen LogP contribution >= 0.6 is 23.4 Å². The summed E-state index contributed by atoms with van der Waals surface area (Å²) in [6, 6.07) is 15.8. The van der Waals surface area contributed by atoms with E-state index < -0.39 is 22.6 Å². The molecule has 5 rings (SSSR count). The SMILES string of the molecule is C=CCN(C(=O)C1N(CCCCO)C(=O)[C@@H]2[C@@H](C(=O)N(CC=C)c3ccccc3)[C@H]3CCC12S3)c1ccc(Cl)cc1. The molecule has 216 valence electrons. The van der Waals surface area contributed by atoms with Gasteiger partial charge in [-0.3, -0.25) is 14.4 Å². The maximum absolute atomic E-state index is 14.5. The number of fused-ring (bicyclic) bond motifs is 1. The van der Waals surface area contributed by atoms with E-state index in [0.29, 0.717) is 43.1 Å². The third-order valence-electron chi connectivity index (χ3n) is 8.49. The second kappa shape index (κ2) is 12.4. The van der Waals surface area contributed by atoms with Crippen molar-refractivity contribution in [2.45, 2.75) is 41.7 Å². The van der Waals surface area contributed by atoms with Crippen molar-refractivity contribution in [2.24, 2.45) is 11.8 Å². The van der Waals surface area contributed by atoms with Crippen LogP contribution in [-0.4, -0.2) is 70.0 Å². The first kappa shape index (κ1) is 29.4.